The second-order valence-electron chi connectivity index (χ2n) is 7.95. The zero-order chi connectivity index (χ0) is 22.1. The van der Waals surface area contributed by atoms with Crippen LogP contribution >= 0.6 is 0 Å². The van der Waals surface area contributed by atoms with Gasteiger partial charge < -0.3 is 29.7 Å². The Balaban J connectivity index is 1.72. The number of esters is 1. The molecule has 2 N–H and O–H groups in total. The van der Waals surface area contributed by atoms with E-state index in [9.17, 15) is 14.4 Å². The van der Waals surface area contributed by atoms with E-state index in [1.807, 2.05) is 24.3 Å². The maximum atomic E-state index is 12.3. The molecule has 0 aromatic heterocycles. The highest BCUT2D eigenvalue weighted by Gasteiger charge is 2.19. The Bertz CT molecular complexity index is 723. The van der Waals surface area contributed by atoms with Crippen LogP contribution in [0.15, 0.2) is 24.3 Å². The number of benzene rings is 1. The number of hydrogen-bond donors (Lipinski definition) is 2. The fourth-order valence-corrected chi connectivity index (χ4v) is 2.71. The molecule has 1 atom stereocenters. The number of morpholine rings is 1. The van der Waals surface area contributed by atoms with Crippen molar-refractivity contribution in [3.8, 4) is 0 Å². The third-order valence-corrected chi connectivity index (χ3v) is 4.19. The van der Waals surface area contributed by atoms with Crippen LogP contribution in [0.5, 0.6) is 0 Å². The number of rotatable bonds is 7. The van der Waals surface area contributed by atoms with Crippen molar-refractivity contribution in [1.29, 1.82) is 0 Å². The fraction of sp³-hybridized carbons (Fsp3) is 0.571. The van der Waals surface area contributed by atoms with Gasteiger partial charge in [0.15, 0.2) is 6.10 Å². The summed E-state index contributed by atoms with van der Waals surface area (Å²) in [6, 6.07) is 7.48. The van der Waals surface area contributed by atoms with Gasteiger partial charge in [-0.1, -0.05) is 0 Å². The summed E-state index contributed by atoms with van der Waals surface area (Å²) < 4.78 is 15.5. The Kier molecular flexibility index (Phi) is 8.46. The van der Waals surface area contributed by atoms with Crippen molar-refractivity contribution in [3.63, 3.8) is 0 Å². The Hall–Kier alpha value is -2.81. The second kappa shape index (κ2) is 10.8. The number of carbonyl (C=O) groups excluding carboxylic acids is 3. The maximum absolute atomic E-state index is 12.3. The van der Waals surface area contributed by atoms with Crippen LogP contribution in [0.1, 0.15) is 34.1 Å². The average Bonchev–Trinajstić information content (AvgIpc) is 2.67. The molecule has 0 radical (unpaired) electrons. The van der Waals surface area contributed by atoms with E-state index in [-0.39, 0.29) is 13.0 Å². The van der Waals surface area contributed by atoms with Crippen LogP contribution in [-0.2, 0) is 23.8 Å². The Morgan fingerprint density at radius 1 is 1.13 bits per heavy atom. The molecule has 1 aromatic carbocycles. The van der Waals surface area contributed by atoms with E-state index in [0.29, 0.717) is 18.9 Å². The first-order valence-electron chi connectivity index (χ1n) is 10.0. The van der Waals surface area contributed by atoms with E-state index in [1.165, 1.54) is 6.92 Å². The van der Waals surface area contributed by atoms with Gasteiger partial charge in [0.05, 0.1) is 19.6 Å². The maximum Gasteiger partial charge on any atom is 0.407 e. The van der Waals surface area contributed by atoms with E-state index in [0.717, 1.165) is 18.8 Å². The zero-order valence-corrected chi connectivity index (χ0v) is 18.0. The predicted octanol–water partition coefficient (Wildman–Crippen LogP) is 2.31. The molecule has 1 fully saturated rings. The number of hydrogen-bond acceptors (Lipinski definition) is 7. The number of ether oxygens (including phenoxy) is 3. The fourth-order valence-electron chi connectivity index (χ4n) is 2.71. The van der Waals surface area contributed by atoms with Gasteiger partial charge in [-0.3, -0.25) is 9.59 Å². The molecular weight excluding hydrogens is 390 g/mol. The average molecular weight is 421 g/mol. The largest absolute Gasteiger partial charge is 0.452 e. The van der Waals surface area contributed by atoms with E-state index in [2.05, 4.69) is 15.5 Å². The number of nitrogens with zero attached hydrogens (tertiary/aromatic N) is 1. The van der Waals surface area contributed by atoms with Crippen LogP contribution in [-0.4, -0.2) is 62.5 Å². The molecule has 1 aliphatic rings. The first-order valence-corrected chi connectivity index (χ1v) is 10.0. The van der Waals surface area contributed by atoms with Crippen molar-refractivity contribution >= 4 is 29.3 Å². The summed E-state index contributed by atoms with van der Waals surface area (Å²) in [7, 11) is 0. The highest BCUT2D eigenvalue weighted by molar-refractivity contribution is 5.95. The lowest BCUT2D eigenvalue weighted by atomic mass is 10.2. The Labute approximate surface area is 177 Å². The Morgan fingerprint density at radius 3 is 2.37 bits per heavy atom. The van der Waals surface area contributed by atoms with Crippen molar-refractivity contribution in [3.05, 3.63) is 24.3 Å². The minimum Gasteiger partial charge on any atom is -0.452 e. The first kappa shape index (κ1) is 23.5. The molecule has 166 valence electrons. The summed E-state index contributed by atoms with van der Waals surface area (Å²) in [5.41, 5.74) is 1.07. The second-order valence-corrected chi connectivity index (χ2v) is 7.95. The van der Waals surface area contributed by atoms with E-state index in [1.54, 1.807) is 20.8 Å². The van der Waals surface area contributed by atoms with Gasteiger partial charge in [0.2, 0.25) is 0 Å². The van der Waals surface area contributed by atoms with E-state index >= 15 is 0 Å². The molecule has 0 unspecified atom stereocenters. The summed E-state index contributed by atoms with van der Waals surface area (Å²) in [6.07, 6.45) is -1.63. The molecule has 1 heterocycles. The van der Waals surface area contributed by atoms with Gasteiger partial charge in [0.1, 0.15) is 5.60 Å². The predicted molar refractivity (Wildman–Crippen MR) is 113 cm³/mol. The van der Waals surface area contributed by atoms with Crippen molar-refractivity contribution < 1.29 is 28.6 Å². The number of nitrogens with one attached hydrogen (secondary N) is 2. The molecule has 2 rings (SSSR count). The van der Waals surface area contributed by atoms with Crippen LogP contribution in [0, 0.1) is 0 Å². The SMILES string of the molecule is C[C@H](OC(=O)CCNC(=O)OC(C)(C)C)C(=O)Nc1ccc(N2CCOCC2)cc1. The summed E-state index contributed by atoms with van der Waals surface area (Å²) >= 11 is 0. The monoisotopic (exact) mass is 421 g/mol. The molecule has 9 heteroatoms. The number of carbonyl (C=O) groups is 3. The topological polar surface area (TPSA) is 106 Å². The van der Waals surface area contributed by atoms with Crippen LogP contribution in [0.3, 0.4) is 0 Å². The smallest absolute Gasteiger partial charge is 0.407 e. The summed E-state index contributed by atoms with van der Waals surface area (Å²) in [6.45, 7) is 9.87. The van der Waals surface area contributed by atoms with Gasteiger partial charge >= 0.3 is 12.1 Å². The number of anilines is 2. The van der Waals surface area contributed by atoms with E-state index in [4.69, 9.17) is 14.2 Å². The highest BCUT2D eigenvalue weighted by atomic mass is 16.6. The number of amides is 2. The molecule has 0 spiro atoms. The zero-order valence-electron chi connectivity index (χ0n) is 18.0. The van der Waals surface area contributed by atoms with Crippen molar-refractivity contribution in [2.24, 2.45) is 0 Å². The first-order chi connectivity index (χ1) is 14.1. The van der Waals surface area contributed by atoms with Crippen molar-refractivity contribution in [2.75, 3.05) is 43.1 Å². The lowest BCUT2D eigenvalue weighted by Crippen LogP contribution is -2.36. The van der Waals surface area contributed by atoms with Crippen molar-refractivity contribution in [2.45, 2.75) is 45.8 Å². The van der Waals surface area contributed by atoms with Crippen molar-refractivity contribution in [1.82, 2.24) is 5.32 Å². The van der Waals surface area contributed by atoms with Crippen LogP contribution in [0.4, 0.5) is 16.2 Å². The normalized spacial score (nSPS) is 15.1. The van der Waals surface area contributed by atoms with E-state index < -0.39 is 29.7 Å². The van der Waals surface area contributed by atoms with Gasteiger partial charge in [-0.05, 0) is 52.0 Å². The van der Waals surface area contributed by atoms with Gasteiger partial charge in [-0.25, -0.2) is 4.79 Å². The standard InChI is InChI=1S/C21H31N3O6/c1-15(29-18(25)9-10-22-20(27)30-21(2,3)4)19(26)23-16-5-7-17(8-6-16)24-11-13-28-14-12-24/h5-8,15H,9-14H2,1-4H3,(H,22,27)(H,23,26)/t15-/m0/s1. The molecular formula is C21H31N3O6. The quantitative estimate of drug-likeness (QED) is 0.651. The minimum absolute atomic E-state index is 0.0606. The Morgan fingerprint density at radius 2 is 1.77 bits per heavy atom. The van der Waals surface area contributed by atoms with Crippen LogP contribution in [0.2, 0.25) is 0 Å². The third-order valence-electron chi connectivity index (χ3n) is 4.19. The van der Waals surface area contributed by atoms with Crippen LogP contribution < -0.4 is 15.5 Å². The summed E-state index contributed by atoms with van der Waals surface area (Å²) in [4.78, 5) is 37.9. The van der Waals surface area contributed by atoms with Crippen LogP contribution in [0.25, 0.3) is 0 Å². The van der Waals surface area contributed by atoms with Gasteiger partial charge in [-0.2, -0.15) is 0 Å². The molecule has 2 amide bonds. The third kappa shape index (κ3) is 8.28. The molecule has 9 nitrogen and oxygen atoms in total. The summed E-state index contributed by atoms with van der Waals surface area (Å²) in [5.74, 6) is -1.01. The van der Waals surface area contributed by atoms with Gasteiger partial charge in [0.25, 0.3) is 5.91 Å². The van der Waals surface area contributed by atoms with Gasteiger partial charge in [-0.15, -0.1) is 0 Å². The highest BCUT2D eigenvalue weighted by Crippen LogP contribution is 2.19. The summed E-state index contributed by atoms with van der Waals surface area (Å²) in [5, 5.41) is 5.20. The molecule has 0 bridgehead atoms. The molecule has 1 aromatic rings. The van der Waals surface area contributed by atoms with Gasteiger partial charge in [0, 0.05) is 31.0 Å². The molecule has 0 saturated carbocycles. The lowest BCUT2D eigenvalue weighted by Gasteiger charge is -2.28. The minimum atomic E-state index is -0.960. The molecule has 30 heavy (non-hydrogen) atoms. The lowest BCUT2D eigenvalue weighted by molar-refractivity contribution is -0.153. The number of alkyl carbamates (subject to hydrolysis) is 1. The molecule has 1 saturated heterocycles. The molecule has 1 aliphatic heterocycles. The molecule has 0 aliphatic carbocycles.